The molecule has 0 aromatic heterocycles. The second-order valence-electron chi connectivity index (χ2n) is 7.67. The van der Waals surface area contributed by atoms with Gasteiger partial charge in [0.1, 0.15) is 0 Å². The second-order valence-corrected chi connectivity index (χ2v) is 7.67. The van der Waals surface area contributed by atoms with Crippen LogP contribution in [0.3, 0.4) is 0 Å². The SMILES string of the molecule is CCCCCC(C)(C)CNCC1(C(C)C)CCNC1. The first kappa shape index (κ1) is 17.0. The van der Waals surface area contributed by atoms with E-state index in [0.717, 1.165) is 12.5 Å². The van der Waals surface area contributed by atoms with Gasteiger partial charge in [-0.15, -0.1) is 0 Å². The maximum atomic E-state index is 3.78. The summed E-state index contributed by atoms with van der Waals surface area (Å²) in [6.07, 6.45) is 6.76. The summed E-state index contributed by atoms with van der Waals surface area (Å²) in [5.74, 6) is 0.762. The zero-order valence-corrected chi connectivity index (χ0v) is 13.9. The molecule has 19 heavy (non-hydrogen) atoms. The molecule has 2 N–H and O–H groups in total. The van der Waals surface area contributed by atoms with Crippen LogP contribution in [0, 0.1) is 16.7 Å². The summed E-state index contributed by atoms with van der Waals surface area (Å²) in [7, 11) is 0. The Morgan fingerprint density at radius 3 is 2.53 bits per heavy atom. The number of rotatable bonds is 9. The lowest BCUT2D eigenvalue weighted by molar-refractivity contribution is 0.192. The van der Waals surface area contributed by atoms with Gasteiger partial charge in [0.05, 0.1) is 0 Å². The molecule has 114 valence electrons. The summed E-state index contributed by atoms with van der Waals surface area (Å²) < 4.78 is 0. The lowest BCUT2D eigenvalue weighted by Crippen LogP contribution is -2.43. The summed E-state index contributed by atoms with van der Waals surface area (Å²) in [4.78, 5) is 0. The zero-order chi connectivity index (χ0) is 14.4. The van der Waals surface area contributed by atoms with Gasteiger partial charge in [0.15, 0.2) is 0 Å². The Bertz CT molecular complexity index is 240. The first-order chi connectivity index (χ1) is 8.92. The summed E-state index contributed by atoms with van der Waals surface area (Å²) in [6.45, 7) is 16.6. The lowest BCUT2D eigenvalue weighted by atomic mass is 9.76. The van der Waals surface area contributed by atoms with Gasteiger partial charge in [-0.25, -0.2) is 0 Å². The van der Waals surface area contributed by atoms with Crippen molar-refractivity contribution in [2.75, 3.05) is 26.2 Å². The molecule has 1 aliphatic rings. The van der Waals surface area contributed by atoms with Gasteiger partial charge in [0.2, 0.25) is 0 Å². The number of nitrogens with one attached hydrogen (secondary N) is 2. The summed E-state index contributed by atoms with van der Waals surface area (Å²) in [6, 6.07) is 0. The highest BCUT2D eigenvalue weighted by Gasteiger charge is 2.36. The molecular weight excluding hydrogens is 232 g/mol. The predicted octanol–water partition coefficient (Wildman–Crippen LogP) is 3.82. The zero-order valence-electron chi connectivity index (χ0n) is 13.9. The molecule has 2 heteroatoms. The van der Waals surface area contributed by atoms with E-state index in [9.17, 15) is 0 Å². The van der Waals surface area contributed by atoms with Crippen molar-refractivity contribution in [1.29, 1.82) is 0 Å². The molecule has 1 aliphatic heterocycles. The van der Waals surface area contributed by atoms with Crippen LogP contribution < -0.4 is 10.6 Å². The third-order valence-corrected chi connectivity index (χ3v) is 5.04. The third-order valence-electron chi connectivity index (χ3n) is 5.04. The van der Waals surface area contributed by atoms with Crippen molar-refractivity contribution in [3.8, 4) is 0 Å². The summed E-state index contributed by atoms with van der Waals surface area (Å²) >= 11 is 0. The number of unbranched alkanes of at least 4 members (excludes halogenated alkanes) is 2. The van der Waals surface area contributed by atoms with Gasteiger partial charge in [-0.3, -0.25) is 0 Å². The predicted molar refractivity (Wildman–Crippen MR) is 85.6 cm³/mol. The Balaban J connectivity index is 2.31. The minimum atomic E-state index is 0.444. The van der Waals surface area contributed by atoms with Gasteiger partial charge in [-0.05, 0) is 36.1 Å². The Morgan fingerprint density at radius 1 is 1.26 bits per heavy atom. The third kappa shape index (κ3) is 5.43. The van der Waals surface area contributed by atoms with Crippen LogP contribution in [0.4, 0.5) is 0 Å². The molecule has 1 atom stereocenters. The first-order valence-electron chi connectivity index (χ1n) is 8.33. The van der Waals surface area contributed by atoms with E-state index in [1.165, 1.54) is 51.7 Å². The fraction of sp³-hybridized carbons (Fsp3) is 1.00. The van der Waals surface area contributed by atoms with E-state index >= 15 is 0 Å². The normalized spacial score (nSPS) is 24.3. The van der Waals surface area contributed by atoms with Gasteiger partial charge in [0, 0.05) is 19.6 Å². The Morgan fingerprint density at radius 2 is 2.00 bits per heavy atom. The van der Waals surface area contributed by atoms with Crippen LogP contribution >= 0.6 is 0 Å². The maximum absolute atomic E-state index is 3.78. The van der Waals surface area contributed by atoms with E-state index in [4.69, 9.17) is 0 Å². The second kappa shape index (κ2) is 7.64. The monoisotopic (exact) mass is 268 g/mol. The molecule has 0 spiro atoms. The average Bonchev–Trinajstić information content (AvgIpc) is 2.79. The molecular formula is C17H36N2. The molecule has 1 rings (SSSR count). The van der Waals surface area contributed by atoms with E-state index < -0.39 is 0 Å². The lowest BCUT2D eigenvalue weighted by Gasteiger charge is -2.35. The highest BCUT2D eigenvalue weighted by molar-refractivity contribution is 4.92. The van der Waals surface area contributed by atoms with Crippen LogP contribution in [-0.2, 0) is 0 Å². The van der Waals surface area contributed by atoms with Crippen LogP contribution in [0.5, 0.6) is 0 Å². The molecule has 2 nitrogen and oxygen atoms in total. The Labute approximate surface area is 121 Å². The minimum Gasteiger partial charge on any atom is -0.316 e. The summed E-state index contributed by atoms with van der Waals surface area (Å²) in [5.41, 5.74) is 0.929. The van der Waals surface area contributed by atoms with Crippen LogP contribution in [0.2, 0.25) is 0 Å². The molecule has 1 fully saturated rings. The minimum absolute atomic E-state index is 0.444. The van der Waals surface area contributed by atoms with Crippen LogP contribution in [0.15, 0.2) is 0 Å². The van der Waals surface area contributed by atoms with Crippen LogP contribution in [-0.4, -0.2) is 26.2 Å². The van der Waals surface area contributed by atoms with E-state index in [1.54, 1.807) is 0 Å². The topological polar surface area (TPSA) is 24.1 Å². The van der Waals surface area contributed by atoms with E-state index in [2.05, 4.69) is 45.3 Å². The number of hydrogen-bond acceptors (Lipinski definition) is 2. The van der Waals surface area contributed by atoms with Crippen molar-refractivity contribution < 1.29 is 0 Å². The van der Waals surface area contributed by atoms with Gasteiger partial charge < -0.3 is 10.6 Å². The highest BCUT2D eigenvalue weighted by atomic mass is 15.0. The summed E-state index contributed by atoms with van der Waals surface area (Å²) in [5, 5.41) is 7.32. The molecule has 0 aromatic rings. The van der Waals surface area contributed by atoms with Crippen LogP contribution in [0.25, 0.3) is 0 Å². The Hall–Kier alpha value is -0.0800. The highest BCUT2D eigenvalue weighted by Crippen LogP contribution is 2.33. The van der Waals surface area contributed by atoms with E-state index in [-0.39, 0.29) is 0 Å². The van der Waals surface area contributed by atoms with Crippen molar-refractivity contribution in [2.24, 2.45) is 16.7 Å². The fourth-order valence-corrected chi connectivity index (χ4v) is 3.20. The molecule has 0 saturated carbocycles. The fourth-order valence-electron chi connectivity index (χ4n) is 3.20. The van der Waals surface area contributed by atoms with Crippen molar-refractivity contribution in [3.63, 3.8) is 0 Å². The van der Waals surface area contributed by atoms with Crippen LogP contribution in [0.1, 0.15) is 66.7 Å². The smallest absolute Gasteiger partial charge is 0.00231 e. The van der Waals surface area contributed by atoms with Crippen molar-refractivity contribution in [3.05, 3.63) is 0 Å². The molecule has 1 heterocycles. The van der Waals surface area contributed by atoms with Gasteiger partial charge in [-0.1, -0.05) is 53.9 Å². The number of hydrogen-bond donors (Lipinski definition) is 2. The van der Waals surface area contributed by atoms with Gasteiger partial charge in [0.25, 0.3) is 0 Å². The molecule has 0 aliphatic carbocycles. The molecule has 1 unspecified atom stereocenters. The molecule has 0 radical (unpaired) electrons. The molecule has 0 bridgehead atoms. The van der Waals surface area contributed by atoms with Crippen molar-refractivity contribution >= 4 is 0 Å². The molecule has 0 amide bonds. The Kier molecular flexibility index (Phi) is 6.82. The van der Waals surface area contributed by atoms with Gasteiger partial charge >= 0.3 is 0 Å². The van der Waals surface area contributed by atoms with E-state index in [0.29, 0.717) is 10.8 Å². The van der Waals surface area contributed by atoms with Crippen molar-refractivity contribution in [1.82, 2.24) is 10.6 Å². The first-order valence-corrected chi connectivity index (χ1v) is 8.33. The van der Waals surface area contributed by atoms with Crippen molar-refractivity contribution in [2.45, 2.75) is 66.7 Å². The average molecular weight is 268 g/mol. The maximum Gasteiger partial charge on any atom is 0.00231 e. The standard InChI is InChI=1S/C17H36N2/c1-6-7-8-9-16(4,5)12-19-14-17(15(2)3)10-11-18-13-17/h15,18-19H,6-14H2,1-5H3. The largest absolute Gasteiger partial charge is 0.316 e. The van der Waals surface area contributed by atoms with Gasteiger partial charge in [-0.2, -0.15) is 0 Å². The quantitative estimate of drug-likeness (QED) is 0.621. The van der Waals surface area contributed by atoms with E-state index in [1.807, 2.05) is 0 Å². The molecule has 1 saturated heterocycles. The molecule has 0 aromatic carbocycles.